The zero-order chi connectivity index (χ0) is 24.0. The third-order valence-electron chi connectivity index (χ3n) is 5.13. The quantitative estimate of drug-likeness (QED) is 0.198. The maximum Gasteiger partial charge on any atom is 1.00 e. The fraction of sp³-hybridized carbons (Fsp3) is 0.321. The Balaban J connectivity index is 0.000000651. The van der Waals surface area contributed by atoms with Crippen molar-refractivity contribution in [1.82, 2.24) is 0 Å². The molecule has 0 aliphatic carbocycles. The van der Waals surface area contributed by atoms with Crippen molar-refractivity contribution in [2.75, 3.05) is 20.0 Å². The first-order valence-electron chi connectivity index (χ1n) is 11.5. The zero-order valence-corrected chi connectivity index (χ0v) is 28.9. The summed E-state index contributed by atoms with van der Waals surface area (Å²) in [7, 11) is -3.23. The summed E-state index contributed by atoms with van der Waals surface area (Å²) in [6, 6.07) is 32.3. The molecule has 0 amide bonds. The summed E-state index contributed by atoms with van der Waals surface area (Å²) in [6.45, 7) is 22.6. The third-order valence-corrected chi connectivity index (χ3v) is 24.3. The summed E-state index contributed by atoms with van der Waals surface area (Å²) >= 11 is 0. The summed E-state index contributed by atoms with van der Waals surface area (Å²) in [5.41, 5.74) is 0. The maximum absolute atomic E-state index is 2.52. The Bertz CT molecular complexity index is 808. The van der Waals surface area contributed by atoms with Gasteiger partial charge in [-0.15, -0.1) is 7.26 Å². The van der Waals surface area contributed by atoms with Gasteiger partial charge in [0.05, 0.1) is 0 Å². The molecule has 0 saturated carbocycles. The molecule has 0 N–H and O–H groups in total. The Morgan fingerprint density at radius 2 is 0.765 bits per heavy atom. The number of hydrogen-bond donors (Lipinski definition) is 0. The van der Waals surface area contributed by atoms with Gasteiger partial charge >= 0.3 is 22.4 Å². The van der Waals surface area contributed by atoms with Crippen LogP contribution in [0.4, 0.5) is 0 Å². The molecule has 0 radical (unpaired) electrons. The first-order valence-corrected chi connectivity index (χ1v) is 22.9. The average molecular weight is 729 g/mol. The molecule has 0 aliphatic rings. The minimum absolute atomic E-state index is 0. The second-order valence-electron chi connectivity index (χ2n) is 11.2. The van der Waals surface area contributed by atoms with Crippen LogP contribution in [0.15, 0.2) is 91.0 Å². The van der Waals surface area contributed by atoms with Gasteiger partial charge in [0.15, 0.2) is 0 Å². The van der Waals surface area contributed by atoms with Crippen LogP contribution in [0.5, 0.6) is 0 Å². The molecule has 0 spiro atoms. The molecule has 190 valence electrons. The predicted molar refractivity (Wildman–Crippen MR) is 160 cm³/mol. The van der Waals surface area contributed by atoms with E-state index in [1.54, 1.807) is 0 Å². The first kappa shape index (κ1) is 34.0. The van der Waals surface area contributed by atoms with Crippen molar-refractivity contribution < 1.29 is 34.8 Å². The summed E-state index contributed by atoms with van der Waals surface area (Å²) in [5.74, 6) is 0. The van der Waals surface area contributed by atoms with Gasteiger partial charge < -0.3 is 12.4 Å². The van der Waals surface area contributed by atoms with Crippen LogP contribution in [-0.4, -0.2) is 36.1 Å². The Kier molecular flexibility index (Phi) is 14.6. The van der Waals surface area contributed by atoms with Crippen molar-refractivity contribution in [3.63, 3.8) is 0 Å². The van der Waals surface area contributed by atoms with E-state index in [9.17, 15) is 0 Å². The summed E-state index contributed by atoms with van der Waals surface area (Å²) < 4.78 is 0. The van der Waals surface area contributed by atoms with Gasteiger partial charge in [-0.05, 0) is 23.8 Å². The Hall–Kier alpha value is -0.0160. The van der Waals surface area contributed by atoms with E-state index in [2.05, 4.69) is 150 Å². The first-order chi connectivity index (χ1) is 14.8. The van der Waals surface area contributed by atoms with Crippen LogP contribution in [0.2, 0.25) is 39.3 Å². The molecular weight excluding hydrogens is 687 g/mol. The number of rotatable bonds is 6. The van der Waals surface area contributed by atoms with Gasteiger partial charge in [0.1, 0.15) is 0 Å². The van der Waals surface area contributed by atoms with Crippen molar-refractivity contribution in [3.05, 3.63) is 95.9 Å². The SMILES string of the molecule is C[Si](C)(C)[C-]([Si](C)(C)C)[P+](C)(C)C.[Au+].[Cl-].c1ccc(P(c2ccccc2)c2ccccc2)cc1. The van der Waals surface area contributed by atoms with E-state index in [0.717, 1.165) is 0 Å². The Morgan fingerprint density at radius 3 is 0.912 bits per heavy atom. The standard InChI is InChI=1S/C18H15P.C10H27PSi2.Au.ClH/c1-4-10-16(11-5-1)19(17-12-6-2-7-13-17)18-14-8-3-9-15-18;1-11(2,3)10(12(4,5)6)13(7,8)9;;/h1-15H;1-9H3;;1H/q;;+1;/p-1. The van der Waals surface area contributed by atoms with Crippen molar-refractivity contribution >= 4 is 47.2 Å². The van der Waals surface area contributed by atoms with Crippen LogP contribution >= 0.6 is 15.2 Å². The molecule has 0 nitrogen and oxygen atoms in total. The van der Waals surface area contributed by atoms with E-state index in [-0.39, 0.29) is 34.8 Å². The molecule has 3 aromatic rings. The van der Waals surface area contributed by atoms with Gasteiger partial charge in [-0.1, -0.05) is 146 Å². The number of halogens is 1. The van der Waals surface area contributed by atoms with E-state index in [1.165, 1.54) is 15.9 Å². The second kappa shape index (κ2) is 14.7. The van der Waals surface area contributed by atoms with Gasteiger partial charge in [0.25, 0.3) is 0 Å². The van der Waals surface area contributed by atoms with Crippen molar-refractivity contribution in [1.29, 1.82) is 0 Å². The van der Waals surface area contributed by atoms with Gasteiger partial charge in [0.2, 0.25) is 0 Å². The van der Waals surface area contributed by atoms with E-state index in [0.29, 0.717) is 0 Å². The summed E-state index contributed by atoms with van der Waals surface area (Å²) in [4.78, 5) is 2.03. The molecule has 0 heterocycles. The molecule has 34 heavy (non-hydrogen) atoms. The molecule has 6 heteroatoms. The Labute approximate surface area is 235 Å². The van der Waals surface area contributed by atoms with Crippen molar-refractivity contribution in [3.8, 4) is 0 Å². The van der Waals surface area contributed by atoms with Crippen LogP contribution < -0.4 is 28.3 Å². The molecule has 3 aromatic carbocycles. The predicted octanol–water partition coefficient (Wildman–Crippen LogP) is 4.63. The molecule has 0 saturated heterocycles. The average Bonchev–Trinajstić information content (AvgIpc) is 2.68. The molecular formula is C28H42AuClP2Si2. The summed E-state index contributed by atoms with van der Waals surface area (Å²) in [6.07, 6.45) is 0. The maximum atomic E-state index is 2.52. The molecule has 0 fully saturated rings. The van der Waals surface area contributed by atoms with Crippen LogP contribution in [0.25, 0.3) is 0 Å². The zero-order valence-electron chi connectivity index (χ0n) is 22.2. The van der Waals surface area contributed by atoms with Crippen molar-refractivity contribution in [2.45, 2.75) is 39.3 Å². The Morgan fingerprint density at radius 1 is 0.529 bits per heavy atom. The monoisotopic (exact) mass is 728 g/mol. The smallest absolute Gasteiger partial charge is 1.00 e. The van der Waals surface area contributed by atoms with Crippen molar-refractivity contribution in [2.24, 2.45) is 0 Å². The van der Waals surface area contributed by atoms with E-state index >= 15 is 0 Å². The van der Waals surface area contributed by atoms with Crippen LogP contribution in [0.3, 0.4) is 0 Å². The van der Waals surface area contributed by atoms with E-state index in [1.807, 2.05) is 4.91 Å². The molecule has 0 aliphatic heterocycles. The van der Waals surface area contributed by atoms with E-state index in [4.69, 9.17) is 0 Å². The number of benzene rings is 3. The molecule has 0 bridgehead atoms. The van der Waals surface area contributed by atoms with Gasteiger partial charge in [0, 0.05) is 20.0 Å². The normalized spacial score (nSPS) is 11.7. The topological polar surface area (TPSA) is 0 Å². The molecule has 0 unspecified atom stereocenters. The van der Waals surface area contributed by atoms with Crippen LogP contribution in [0, 0.1) is 4.91 Å². The van der Waals surface area contributed by atoms with Crippen LogP contribution in [0.1, 0.15) is 0 Å². The van der Waals surface area contributed by atoms with Crippen LogP contribution in [-0.2, 0) is 22.4 Å². The molecule has 0 atom stereocenters. The minimum Gasteiger partial charge on any atom is -1.00 e. The largest absolute Gasteiger partial charge is 1.00 e. The number of hydrogen-bond acceptors (Lipinski definition) is 0. The van der Waals surface area contributed by atoms with Gasteiger partial charge in [-0.2, -0.15) is 4.91 Å². The van der Waals surface area contributed by atoms with E-state index < -0.39 is 31.3 Å². The fourth-order valence-corrected chi connectivity index (χ4v) is 32.7. The third kappa shape index (κ3) is 10.5. The summed E-state index contributed by atoms with van der Waals surface area (Å²) in [5, 5.41) is 4.19. The molecule has 3 rings (SSSR count). The van der Waals surface area contributed by atoms with Gasteiger partial charge in [-0.25, -0.2) is 0 Å². The fourth-order valence-electron chi connectivity index (χ4n) is 5.32. The minimum atomic E-state index is -1.03. The van der Waals surface area contributed by atoms with Gasteiger partial charge in [-0.3, -0.25) is 0 Å². The second-order valence-corrected chi connectivity index (χ2v) is 29.2. The molecule has 0 aromatic heterocycles.